The molecular weight excluding hydrogens is 224 g/mol. The summed E-state index contributed by atoms with van der Waals surface area (Å²) < 4.78 is 6.09. The van der Waals surface area contributed by atoms with Crippen molar-refractivity contribution in [2.75, 3.05) is 0 Å². The third-order valence-corrected chi connectivity index (χ3v) is 5.61. The molecular formula is C16H24O2. The van der Waals surface area contributed by atoms with Gasteiger partial charge in [0, 0.05) is 6.92 Å². The topological polar surface area (TPSA) is 26.3 Å². The molecule has 2 unspecified atom stereocenters. The Kier molecular flexibility index (Phi) is 2.62. The van der Waals surface area contributed by atoms with Crippen LogP contribution in [0.5, 0.6) is 0 Å². The van der Waals surface area contributed by atoms with E-state index in [1.54, 1.807) is 6.92 Å². The summed E-state index contributed by atoms with van der Waals surface area (Å²) in [5, 5.41) is 0. The van der Waals surface area contributed by atoms with Gasteiger partial charge in [-0.15, -0.1) is 0 Å². The standard InChI is InChI=1S/C16H24O2/c1-4-15-6-13-5-14(7-15)9-16(8-13,10-15)18-12(3)11(2)17/h13-14H,3-10H2,1-2H3. The molecule has 4 saturated carbocycles. The molecule has 0 spiro atoms. The Morgan fingerprint density at radius 3 is 2.39 bits per heavy atom. The zero-order chi connectivity index (χ0) is 13.0. The first-order valence-corrected chi connectivity index (χ1v) is 7.35. The van der Waals surface area contributed by atoms with E-state index in [1.807, 2.05) is 0 Å². The highest BCUT2D eigenvalue weighted by Gasteiger charge is 2.58. The van der Waals surface area contributed by atoms with Gasteiger partial charge in [0.25, 0.3) is 0 Å². The van der Waals surface area contributed by atoms with E-state index in [0.29, 0.717) is 11.2 Å². The molecule has 4 fully saturated rings. The Hall–Kier alpha value is -0.790. The Labute approximate surface area is 110 Å². The number of Topliss-reactive ketones (excluding diaryl/α,β-unsaturated/α-hetero) is 1. The van der Waals surface area contributed by atoms with Crippen molar-refractivity contribution in [3.63, 3.8) is 0 Å². The molecule has 4 rings (SSSR count). The molecule has 0 aromatic rings. The SMILES string of the molecule is C=C(OC12CC3CC(CC(CC)(C3)C1)C2)C(C)=O. The van der Waals surface area contributed by atoms with E-state index >= 15 is 0 Å². The van der Waals surface area contributed by atoms with Gasteiger partial charge in [-0.05, 0) is 55.8 Å². The summed E-state index contributed by atoms with van der Waals surface area (Å²) in [6.45, 7) is 7.68. The maximum absolute atomic E-state index is 11.4. The van der Waals surface area contributed by atoms with Crippen LogP contribution in [0.25, 0.3) is 0 Å². The first-order chi connectivity index (χ1) is 8.46. The first kappa shape index (κ1) is 12.3. The predicted octanol–water partition coefficient (Wildman–Crippen LogP) is 3.85. The Morgan fingerprint density at radius 1 is 1.28 bits per heavy atom. The fourth-order valence-corrected chi connectivity index (χ4v) is 5.23. The van der Waals surface area contributed by atoms with Gasteiger partial charge in [-0.3, -0.25) is 4.79 Å². The predicted molar refractivity (Wildman–Crippen MR) is 71.0 cm³/mol. The van der Waals surface area contributed by atoms with Crippen molar-refractivity contribution in [2.24, 2.45) is 17.3 Å². The molecule has 4 aliphatic rings. The molecule has 0 aliphatic heterocycles. The summed E-state index contributed by atoms with van der Waals surface area (Å²) in [4.78, 5) is 11.4. The van der Waals surface area contributed by atoms with Crippen LogP contribution in [0.4, 0.5) is 0 Å². The average molecular weight is 248 g/mol. The number of ether oxygens (including phenoxy) is 1. The molecule has 18 heavy (non-hydrogen) atoms. The van der Waals surface area contributed by atoms with Crippen molar-refractivity contribution in [2.45, 2.75) is 64.4 Å². The Morgan fingerprint density at radius 2 is 1.89 bits per heavy atom. The van der Waals surface area contributed by atoms with Crippen molar-refractivity contribution >= 4 is 5.78 Å². The van der Waals surface area contributed by atoms with E-state index in [0.717, 1.165) is 31.1 Å². The van der Waals surface area contributed by atoms with Crippen LogP contribution in [0.2, 0.25) is 0 Å². The summed E-state index contributed by atoms with van der Waals surface area (Å²) in [6, 6.07) is 0. The summed E-state index contributed by atoms with van der Waals surface area (Å²) in [7, 11) is 0. The monoisotopic (exact) mass is 248 g/mol. The minimum Gasteiger partial charge on any atom is -0.484 e. The number of hydrogen-bond acceptors (Lipinski definition) is 2. The van der Waals surface area contributed by atoms with E-state index in [4.69, 9.17) is 4.74 Å². The van der Waals surface area contributed by atoms with E-state index < -0.39 is 0 Å². The molecule has 0 aromatic heterocycles. The van der Waals surface area contributed by atoms with Crippen LogP contribution in [0.1, 0.15) is 58.8 Å². The van der Waals surface area contributed by atoms with Crippen LogP contribution in [0.15, 0.2) is 12.3 Å². The van der Waals surface area contributed by atoms with E-state index in [9.17, 15) is 4.79 Å². The highest BCUT2D eigenvalue weighted by atomic mass is 16.5. The molecule has 4 bridgehead atoms. The number of ketones is 1. The van der Waals surface area contributed by atoms with Gasteiger partial charge in [-0.25, -0.2) is 0 Å². The summed E-state index contributed by atoms with van der Waals surface area (Å²) in [5.74, 6) is 2.01. The van der Waals surface area contributed by atoms with Crippen LogP contribution in [0.3, 0.4) is 0 Å². The van der Waals surface area contributed by atoms with Crippen molar-refractivity contribution < 1.29 is 9.53 Å². The van der Waals surface area contributed by atoms with E-state index in [2.05, 4.69) is 13.5 Å². The molecule has 2 atom stereocenters. The summed E-state index contributed by atoms with van der Waals surface area (Å²) >= 11 is 0. The molecule has 0 amide bonds. The summed E-state index contributed by atoms with van der Waals surface area (Å²) in [6.07, 6.45) is 8.87. The third-order valence-electron chi connectivity index (χ3n) is 5.61. The Balaban J connectivity index is 1.84. The maximum atomic E-state index is 11.4. The number of carbonyl (C=O) groups is 1. The van der Waals surface area contributed by atoms with Gasteiger partial charge in [-0.1, -0.05) is 19.9 Å². The molecule has 0 heterocycles. The van der Waals surface area contributed by atoms with Crippen LogP contribution >= 0.6 is 0 Å². The van der Waals surface area contributed by atoms with E-state index in [1.165, 1.54) is 25.7 Å². The molecule has 2 nitrogen and oxygen atoms in total. The van der Waals surface area contributed by atoms with Gasteiger partial charge in [0.1, 0.15) is 5.60 Å². The second-order valence-corrected chi connectivity index (χ2v) is 7.08. The second kappa shape index (κ2) is 3.85. The van der Waals surface area contributed by atoms with Crippen molar-refractivity contribution in [1.29, 1.82) is 0 Å². The zero-order valence-corrected chi connectivity index (χ0v) is 11.6. The lowest BCUT2D eigenvalue weighted by Crippen LogP contribution is -2.56. The first-order valence-electron chi connectivity index (χ1n) is 7.35. The van der Waals surface area contributed by atoms with Gasteiger partial charge in [0.05, 0.1) is 0 Å². The van der Waals surface area contributed by atoms with Crippen LogP contribution in [-0.2, 0) is 9.53 Å². The molecule has 0 saturated heterocycles. The fourth-order valence-electron chi connectivity index (χ4n) is 5.23. The quantitative estimate of drug-likeness (QED) is 0.558. The number of hydrogen-bond donors (Lipinski definition) is 0. The maximum Gasteiger partial charge on any atom is 0.193 e. The smallest absolute Gasteiger partial charge is 0.193 e. The largest absolute Gasteiger partial charge is 0.484 e. The molecule has 0 N–H and O–H groups in total. The lowest BCUT2D eigenvalue weighted by molar-refractivity contribution is -0.177. The van der Waals surface area contributed by atoms with Gasteiger partial charge >= 0.3 is 0 Å². The molecule has 2 heteroatoms. The van der Waals surface area contributed by atoms with Gasteiger partial charge in [0.15, 0.2) is 11.5 Å². The molecule has 4 aliphatic carbocycles. The highest BCUT2D eigenvalue weighted by Crippen LogP contribution is 2.64. The number of carbonyl (C=O) groups excluding carboxylic acids is 1. The molecule has 0 aromatic carbocycles. The Bertz CT molecular complexity index is 382. The molecule has 0 radical (unpaired) electrons. The third kappa shape index (κ3) is 1.81. The van der Waals surface area contributed by atoms with Crippen molar-refractivity contribution in [3.05, 3.63) is 12.3 Å². The molecule has 100 valence electrons. The number of allylic oxidation sites excluding steroid dienone is 1. The van der Waals surface area contributed by atoms with E-state index in [-0.39, 0.29) is 11.4 Å². The normalized spacial score (nSPS) is 45.0. The lowest BCUT2D eigenvalue weighted by atomic mass is 9.47. The van der Waals surface area contributed by atoms with Crippen LogP contribution in [-0.4, -0.2) is 11.4 Å². The van der Waals surface area contributed by atoms with Crippen LogP contribution < -0.4 is 0 Å². The van der Waals surface area contributed by atoms with Gasteiger partial charge in [-0.2, -0.15) is 0 Å². The zero-order valence-electron chi connectivity index (χ0n) is 11.6. The van der Waals surface area contributed by atoms with Crippen molar-refractivity contribution in [3.8, 4) is 0 Å². The lowest BCUT2D eigenvalue weighted by Gasteiger charge is -2.61. The van der Waals surface area contributed by atoms with Crippen LogP contribution in [0, 0.1) is 17.3 Å². The fraction of sp³-hybridized carbons (Fsp3) is 0.812. The van der Waals surface area contributed by atoms with Gasteiger partial charge in [0.2, 0.25) is 0 Å². The van der Waals surface area contributed by atoms with Crippen molar-refractivity contribution in [1.82, 2.24) is 0 Å². The number of rotatable bonds is 4. The highest BCUT2D eigenvalue weighted by molar-refractivity contribution is 5.90. The minimum absolute atomic E-state index is 0.0173. The van der Waals surface area contributed by atoms with Gasteiger partial charge < -0.3 is 4.74 Å². The average Bonchev–Trinajstić information content (AvgIpc) is 2.26. The summed E-state index contributed by atoms with van der Waals surface area (Å²) in [5.41, 5.74) is 0.448. The minimum atomic E-state index is -0.0527. The second-order valence-electron chi connectivity index (χ2n) is 7.08.